The van der Waals surface area contributed by atoms with Gasteiger partial charge in [-0.2, -0.15) is 0 Å². The second-order valence-corrected chi connectivity index (χ2v) is 8.04. The molecule has 1 aliphatic carbocycles. The number of phenols is 2. The van der Waals surface area contributed by atoms with Crippen molar-refractivity contribution in [3.8, 4) is 11.5 Å². The van der Waals surface area contributed by atoms with Gasteiger partial charge < -0.3 is 10.2 Å². The molecule has 0 saturated carbocycles. The highest BCUT2D eigenvalue weighted by Crippen LogP contribution is 2.43. The molecule has 3 nitrogen and oxygen atoms in total. The monoisotopic (exact) mass is 412 g/mol. The Morgan fingerprint density at radius 1 is 1.10 bits per heavy atom. The molecule has 5 heteroatoms. The second-order valence-electron chi connectivity index (χ2n) is 8.04. The van der Waals surface area contributed by atoms with E-state index >= 15 is 0 Å². The van der Waals surface area contributed by atoms with Gasteiger partial charge in [-0.05, 0) is 75.3 Å². The van der Waals surface area contributed by atoms with Gasteiger partial charge in [0.15, 0.2) is 17.4 Å². The van der Waals surface area contributed by atoms with Gasteiger partial charge >= 0.3 is 0 Å². The smallest absolute Gasteiger partial charge is 0.174 e. The van der Waals surface area contributed by atoms with Crippen molar-refractivity contribution in [1.82, 2.24) is 0 Å². The normalized spacial score (nSPS) is 18.6. The molecule has 2 aromatic carbocycles. The molecule has 0 heterocycles. The number of carbonyl (C=O) groups excluding carboxylic acids is 1. The fourth-order valence-electron chi connectivity index (χ4n) is 4.07. The largest absolute Gasteiger partial charge is 0.507 e. The molecule has 2 N–H and O–H groups in total. The van der Waals surface area contributed by atoms with Crippen LogP contribution in [0.5, 0.6) is 11.5 Å². The molecule has 3 rings (SSSR count). The summed E-state index contributed by atoms with van der Waals surface area (Å²) in [4.78, 5) is 13.3. The van der Waals surface area contributed by atoms with Crippen molar-refractivity contribution in [2.45, 2.75) is 45.4 Å². The van der Waals surface area contributed by atoms with Crippen LogP contribution >= 0.6 is 0 Å². The van der Waals surface area contributed by atoms with Crippen LogP contribution in [-0.2, 0) is 0 Å². The lowest BCUT2D eigenvalue weighted by molar-refractivity contribution is 0.0889. The predicted octanol–water partition coefficient (Wildman–Crippen LogP) is 6.43. The molecule has 0 saturated heterocycles. The average Bonchev–Trinajstić information content (AvgIpc) is 2.69. The van der Waals surface area contributed by atoms with Gasteiger partial charge in [0.1, 0.15) is 17.1 Å². The fraction of sp³-hybridized carbons (Fsp3) is 0.320. The fourth-order valence-corrected chi connectivity index (χ4v) is 4.07. The number of aromatic hydroxyl groups is 2. The third kappa shape index (κ3) is 4.78. The number of hydrogen-bond acceptors (Lipinski definition) is 3. The number of ketones is 1. The van der Waals surface area contributed by atoms with Gasteiger partial charge in [-0.1, -0.05) is 35.4 Å². The zero-order valence-electron chi connectivity index (χ0n) is 17.2. The molecule has 158 valence electrons. The minimum Gasteiger partial charge on any atom is -0.507 e. The topological polar surface area (TPSA) is 57.5 Å². The Bertz CT molecular complexity index is 983. The van der Waals surface area contributed by atoms with Crippen molar-refractivity contribution in [2.24, 2.45) is 5.92 Å². The highest BCUT2D eigenvalue weighted by molar-refractivity contribution is 6.03. The maximum Gasteiger partial charge on any atom is 0.174 e. The van der Waals surface area contributed by atoms with Crippen molar-refractivity contribution < 1.29 is 23.8 Å². The molecule has 2 aromatic rings. The number of carbonyl (C=O) groups is 1. The number of halogens is 2. The van der Waals surface area contributed by atoms with E-state index in [1.165, 1.54) is 29.8 Å². The lowest BCUT2D eigenvalue weighted by Crippen LogP contribution is -2.26. The number of rotatable bonds is 6. The summed E-state index contributed by atoms with van der Waals surface area (Å²) in [6, 6.07) is 7.88. The van der Waals surface area contributed by atoms with Gasteiger partial charge in [-0.15, -0.1) is 0 Å². The van der Waals surface area contributed by atoms with Crippen LogP contribution in [-0.4, -0.2) is 16.0 Å². The van der Waals surface area contributed by atoms with Crippen molar-refractivity contribution in [1.29, 1.82) is 0 Å². The van der Waals surface area contributed by atoms with Crippen LogP contribution in [0, 0.1) is 17.6 Å². The van der Waals surface area contributed by atoms with E-state index in [-0.39, 0.29) is 23.0 Å². The second kappa shape index (κ2) is 9.24. The van der Waals surface area contributed by atoms with Crippen LogP contribution in [0.25, 0.3) is 0 Å². The van der Waals surface area contributed by atoms with Crippen molar-refractivity contribution in [3.63, 3.8) is 0 Å². The molecule has 0 amide bonds. The van der Waals surface area contributed by atoms with E-state index in [9.17, 15) is 23.8 Å². The van der Waals surface area contributed by atoms with Gasteiger partial charge in [0.25, 0.3) is 0 Å². The van der Waals surface area contributed by atoms with E-state index in [0.29, 0.717) is 18.4 Å². The van der Waals surface area contributed by atoms with Crippen LogP contribution in [0.15, 0.2) is 59.7 Å². The molecule has 1 aliphatic rings. The quantitative estimate of drug-likeness (QED) is 0.425. The number of Topliss-reactive ketones (excluding diaryl/α,β-unsaturated/α-hetero) is 1. The minimum atomic E-state index is -0.954. The first-order valence-corrected chi connectivity index (χ1v) is 10.1. The van der Waals surface area contributed by atoms with E-state index in [0.717, 1.165) is 30.5 Å². The van der Waals surface area contributed by atoms with Gasteiger partial charge in [-0.3, -0.25) is 4.79 Å². The van der Waals surface area contributed by atoms with Crippen LogP contribution < -0.4 is 0 Å². The Morgan fingerprint density at radius 3 is 2.43 bits per heavy atom. The van der Waals surface area contributed by atoms with Crippen LogP contribution in [0.1, 0.15) is 61.4 Å². The lowest BCUT2D eigenvalue weighted by Gasteiger charge is -2.31. The molecule has 0 fully saturated rings. The van der Waals surface area contributed by atoms with E-state index in [2.05, 4.69) is 6.08 Å². The van der Waals surface area contributed by atoms with Crippen LogP contribution in [0.4, 0.5) is 8.78 Å². The summed E-state index contributed by atoms with van der Waals surface area (Å²) in [7, 11) is 0. The Hall–Kier alpha value is -2.95. The molecule has 0 bridgehead atoms. The van der Waals surface area contributed by atoms with Crippen molar-refractivity contribution in [3.05, 3.63) is 82.5 Å². The summed E-state index contributed by atoms with van der Waals surface area (Å²) in [6.07, 6.45) is 6.80. The Labute approximate surface area is 175 Å². The minimum absolute atomic E-state index is 0.128. The average molecular weight is 412 g/mol. The highest BCUT2D eigenvalue weighted by Gasteiger charge is 2.35. The number of benzene rings is 2. The van der Waals surface area contributed by atoms with Gasteiger partial charge in [0, 0.05) is 5.92 Å². The van der Waals surface area contributed by atoms with Crippen molar-refractivity contribution in [2.75, 3.05) is 0 Å². The van der Waals surface area contributed by atoms with E-state index in [4.69, 9.17) is 0 Å². The third-order valence-corrected chi connectivity index (χ3v) is 5.62. The molecule has 0 spiro atoms. The zero-order valence-corrected chi connectivity index (χ0v) is 17.2. The summed E-state index contributed by atoms with van der Waals surface area (Å²) >= 11 is 0. The maximum atomic E-state index is 13.9. The first kappa shape index (κ1) is 21.8. The summed E-state index contributed by atoms with van der Waals surface area (Å²) < 4.78 is 27.4. The van der Waals surface area contributed by atoms with Crippen LogP contribution in [0.3, 0.4) is 0 Å². The summed E-state index contributed by atoms with van der Waals surface area (Å²) in [6.45, 7) is 4.07. The molecule has 2 atom stereocenters. The van der Waals surface area contributed by atoms with E-state index < -0.39 is 23.3 Å². The molecular weight excluding hydrogens is 386 g/mol. The molecule has 30 heavy (non-hydrogen) atoms. The van der Waals surface area contributed by atoms with E-state index in [1.54, 1.807) is 0 Å². The number of allylic oxidation sites excluding steroid dienone is 4. The maximum absolute atomic E-state index is 13.9. The van der Waals surface area contributed by atoms with Crippen LogP contribution in [0.2, 0.25) is 0 Å². The molecule has 0 unspecified atom stereocenters. The summed E-state index contributed by atoms with van der Waals surface area (Å²) in [5.74, 6) is -3.84. The summed E-state index contributed by atoms with van der Waals surface area (Å²) in [5, 5.41) is 20.3. The predicted molar refractivity (Wildman–Crippen MR) is 113 cm³/mol. The third-order valence-electron chi connectivity index (χ3n) is 5.62. The van der Waals surface area contributed by atoms with E-state index in [1.807, 2.05) is 19.9 Å². The highest BCUT2D eigenvalue weighted by atomic mass is 19.2. The van der Waals surface area contributed by atoms with Crippen molar-refractivity contribution >= 4 is 5.78 Å². The molecular formula is C25H26F2O3. The van der Waals surface area contributed by atoms with Gasteiger partial charge in [-0.25, -0.2) is 8.78 Å². The number of phenolic OH excluding ortho intramolecular Hbond substituents is 2. The molecule has 0 aromatic heterocycles. The van der Waals surface area contributed by atoms with Gasteiger partial charge in [0.05, 0.1) is 0 Å². The molecule has 0 radical (unpaired) electrons. The Balaban J connectivity index is 1.96. The first-order valence-electron chi connectivity index (χ1n) is 10.1. The number of hydrogen-bond donors (Lipinski definition) is 2. The SMILES string of the molecule is CC(C)=CCCC1=CC[C@H](C(=O)c2c(O)cccc2O)[C@@H](c2ccc(F)c(F)c2)C1. The Kier molecular flexibility index (Phi) is 6.70. The standard InChI is InChI=1S/C25H26F2O3/c1-15(2)5-3-6-16-9-11-18(25(30)24-22(28)7-4-8-23(24)29)19(13-16)17-10-12-20(26)21(27)14-17/h4-5,7-10,12,14,18-19,28-29H,3,6,11,13H2,1-2H3/t18-,19+/m0/s1. The zero-order chi connectivity index (χ0) is 21.8. The molecule has 0 aliphatic heterocycles. The first-order chi connectivity index (χ1) is 14.3. The Morgan fingerprint density at radius 2 is 1.80 bits per heavy atom. The van der Waals surface area contributed by atoms with Gasteiger partial charge in [0.2, 0.25) is 0 Å². The lowest BCUT2D eigenvalue weighted by atomic mass is 9.72. The summed E-state index contributed by atoms with van der Waals surface area (Å²) in [5.41, 5.74) is 2.80.